The lowest BCUT2D eigenvalue weighted by molar-refractivity contribution is -0.125. The van der Waals surface area contributed by atoms with Gasteiger partial charge < -0.3 is 19.9 Å². The van der Waals surface area contributed by atoms with E-state index in [2.05, 4.69) is 15.8 Å². The van der Waals surface area contributed by atoms with Gasteiger partial charge in [0.15, 0.2) is 12.4 Å². The van der Waals surface area contributed by atoms with Crippen molar-refractivity contribution in [2.75, 3.05) is 18.5 Å². The van der Waals surface area contributed by atoms with Crippen molar-refractivity contribution in [1.29, 1.82) is 0 Å². The highest BCUT2D eigenvalue weighted by Crippen LogP contribution is 2.15. The van der Waals surface area contributed by atoms with E-state index in [0.29, 0.717) is 22.4 Å². The third-order valence-electron chi connectivity index (χ3n) is 2.53. The van der Waals surface area contributed by atoms with Crippen LogP contribution in [0.25, 0.3) is 0 Å². The van der Waals surface area contributed by atoms with E-state index in [0.717, 1.165) is 0 Å². The van der Waals surface area contributed by atoms with Crippen molar-refractivity contribution in [2.24, 2.45) is 0 Å². The number of anilines is 1. The van der Waals surface area contributed by atoms with Gasteiger partial charge in [-0.3, -0.25) is 9.59 Å². The maximum Gasteiger partial charge on any atom is 0.258 e. The Hall–Kier alpha value is -2.54. The Bertz CT molecular complexity index is 654. The zero-order chi connectivity index (χ0) is 15.9. The molecule has 0 bridgehead atoms. The largest absolute Gasteiger partial charge is 0.484 e. The van der Waals surface area contributed by atoms with E-state index in [1.165, 1.54) is 0 Å². The van der Waals surface area contributed by atoms with Gasteiger partial charge in [-0.1, -0.05) is 16.8 Å². The lowest BCUT2D eigenvalue weighted by Crippen LogP contribution is -2.35. The van der Waals surface area contributed by atoms with Crippen LogP contribution in [0.3, 0.4) is 0 Å². The van der Waals surface area contributed by atoms with Crippen LogP contribution in [0.4, 0.5) is 5.82 Å². The average Bonchev–Trinajstić information content (AvgIpc) is 2.89. The Morgan fingerprint density at radius 3 is 2.64 bits per heavy atom. The molecular formula is C14H14ClN3O4. The number of aryl methyl sites for hydroxylation is 1. The van der Waals surface area contributed by atoms with E-state index in [4.69, 9.17) is 20.9 Å². The molecule has 2 amide bonds. The predicted octanol–water partition coefficient (Wildman–Crippen LogP) is 1.77. The van der Waals surface area contributed by atoms with Gasteiger partial charge in [0.05, 0.1) is 6.54 Å². The second kappa shape index (κ2) is 7.46. The van der Waals surface area contributed by atoms with E-state index < -0.39 is 11.8 Å². The summed E-state index contributed by atoms with van der Waals surface area (Å²) in [6, 6.07) is 8.18. The summed E-state index contributed by atoms with van der Waals surface area (Å²) in [6.07, 6.45) is 0. The van der Waals surface area contributed by atoms with Crippen molar-refractivity contribution in [3.05, 3.63) is 41.1 Å². The highest BCUT2D eigenvalue weighted by Gasteiger charge is 2.08. The molecule has 1 aromatic carbocycles. The standard InChI is InChI=1S/C14H14ClN3O4/c1-9-6-12(18-22-9)17-13(19)7-16-14(20)8-21-11-4-2-10(15)3-5-11/h2-6H,7-8H2,1H3,(H,16,20)(H,17,18,19). The number of nitrogens with zero attached hydrogens (tertiary/aromatic N) is 1. The van der Waals surface area contributed by atoms with Crippen LogP contribution in [0, 0.1) is 6.92 Å². The summed E-state index contributed by atoms with van der Waals surface area (Å²) >= 11 is 5.74. The highest BCUT2D eigenvalue weighted by molar-refractivity contribution is 6.30. The third-order valence-corrected chi connectivity index (χ3v) is 2.78. The summed E-state index contributed by atoms with van der Waals surface area (Å²) in [5, 5.41) is 9.11. The summed E-state index contributed by atoms with van der Waals surface area (Å²) in [5.41, 5.74) is 0. The molecule has 2 N–H and O–H groups in total. The summed E-state index contributed by atoms with van der Waals surface area (Å²) < 4.78 is 10.1. The Balaban J connectivity index is 1.68. The topological polar surface area (TPSA) is 93.5 Å². The number of benzene rings is 1. The van der Waals surface area contributed by atoms with Gasteiger partial charge in [0, 0.05) is 11.1 Å². The molecule has 22 heavy (non-hydrogen) atoms. The number of carbonyl (C=O) groups excluding carboxylic acids is 2. The molecule has 0 aliphatic heterocycles. The van der Waals surface area contributed by atoms with Crippen LogP contribution in [0.1, 0.15) is 5.76 Å². The van der Waals surface area contributed by atoms with Crippen molar-refractivity contribution in [3.8, 4) is 5.75 Å². The van der Waals surface area contributed by atoms with E-state index in [1.807, 2.05) is 0 Å². The third kappa shape index (κ3) is 5.10. The van der Waals surface area contributed by atoms with E-state index in [1.54, 1.807) is 37.3 Å². The summed E-state index contributed by atoms with van der Waals surface area (Å²) in [4.78, 5) is 23.1. The van der Waals surface area contributed by atoms with Crippen LogP contribution in [0.5, 0.6) is 5.75 Å². The highest BCUT2D eigenvalue weighted by atomic mass is 35.5. The lowest BCUT2D eigenvalue weighted by atomic mass is 10.3. The van der Waals surface area contributed by atoms with Crippen LogP contribution in [0.2, 0.25) is 5.02 Å². The number of halogens is 1. The van der Waals surface area contributed by atoms with Gasteiger partial charge in [0.1, 0.15) is 11.5 Å². The van der Waals surface area contributed by atoms with E-state index >= 15 is 0 Å². The molecule has 1 aromatic heterocycles. The van der Waals surface area contributed by atoms with Gasteiger partial charge >= 0.3 is 0 Å². The molecule has 116 valence electrons. The first-order valence-electron chi connectivity index (χ1n) is 6.41. The molecule has 8 heteroatoms. The Labute approximate surface area is 131 Å². The molecule has 0 saturated heterocycles. The average molecular weight is 324 g/mol. The fourth-order valence-electron chi connectivity index (χ4n) is 1.52. The van der Waals surface area contributed by atoms with Gasteiger partial charge in [-0.15, -0.1) is 0 Å². The molecule has 7 nitrogen and oxygen atoms in total. The van der Waals surface area contributed by atoms with Gasteiger partial charge in [0.25, 0.3) is 5.91 Å². The number of aromatic nitrogens is 1. The zero-order valence-corrected chi connectivity index (χ0v) is 12.5. The van der Waals surface area contributed by atoms with Crippen LogP contribution in [-0.2, 0) is 9.59 Å². The number of ether oxygens (including phenoxy) is 1. The molecule has 0 aliphatic rings. The number of hydrogen-bond acceptors (Lipinski definition) is 5. The van der Waals surface area contributed by atoms with Crippen LogP contribution >= 0.6 is 11.6 Å². The van der Waals surface area contributed by atoms with Crippen molar-refractivity contribution >= 4 is 29.2 Å². The lowest BCUT2D eigenvalue weighted by Gasteiger charge is -2.07. The van der Waals surface area contributed by atoms with Crippen molar-refractivity contribution in [1.82, 2.24) is 10.5 Å². The quantitative estimate of drug-likeness (QED) is 0.845. The van der Waals surface area contributed by atoms with E-state index in [9.17, 15) is 9.59 Å². The number of amides is 2. The molecule has 0 saturated carbocycles. The first-order chi connectivity index (χ1) is 10.5. The van der Waals surface area contributed by atoms with Gasteiger partial charge in [-0.25, -0.2) is 0 Å². The fourth-order valence-corrected chi connectivity index (χ4v) is 1.65. The first-order valence-corrected chi connectivity index (χ1v) is 6.79. The minimum Gasteiger partial charge on any atom is -0.484 e. The van der Waals surface area contributed by atoms with Gasteiger partial charge in [-0.2, -0.15) is 0 Å². The molecule has 2 rings (SSSR count). The zero-order valence-electron chi connectivity index (χ0n) is 11.8. The monoisotopic (exact) mass is 323 g/mol. The first kappa shape index (κ1) is 15.8. The van der Waals surface area contributed by atoms with Crippen LogP contribution < -0.4 is 15.4 Å². The minimum absolute atomic E-state index is 0.186. The molecule has 0 aliphatic carbocycles. The number of nitrogens with one attached hydrogen (secondary N) is 2. The smallest absolute Gasteiger partial charge is 0.258 e. The second-order valence-electron chi connectivity index (χ2n) is 4.39. The normalized spacial score (nSPS) is 10.1. The fraction of sp³-hybridized carbons (Fsp3) is 0.214. The number of rotatable bonds is 6. The predicted molar refractivity (Wildman–Crippen MR) is 79.8 cm³/mol. The van der Waals surface area contributed by atoms with E-state index in [-0.39, 0.29) is 13.2 Å². The van der Waals surface area contributed by atoms with Gasteiger partial charge in [-0.05, 0) is 31.2 Å². The molecule has 2 aromatic rings. The van der Waals surface area contributed by atoms with Crippen LogP contribution in [0.15, 0.2) is 34.9 Å². The molecule has 0 radical (unpaired) electrons. The Morgan fingerprint density at radius 2 is 2.00 bits per heavy atom. The summed E-state index contributed by atoms with van der Waals surface area (Å²) in [7, 11) is 0. The maximum absolute atomic E-state index is 11.6. The van der Waals surface area contributed by atoms with Crippen molar-refractivity contribution in [2.45, 2.75) is 6.92 Å². The molecule has 1 heterocycles. The molecule has 0 atom stereocenters. The summed E-state index contributed by atoms with van der Waals surface area (Å²) in [6.45, 7) is 1.32. The molecule has 0 spiro atoms. The summed E-state index contributed by atoms with van der Waals surface area (Å²) in [5.74, 6) is 0.571. The Kier molecular flexibility index (Phi) is 5.37. The SMILES string of the molecule is Cc1cc(NC(=O)CNC(=O)COc2ccc(Cl)cc2)no1. The molecule has 0 fully saturated rings. The van der Waals surface area contributed by atoms with Crippen LogP contribution in [-0.4, -0.2) is 30.1 Å². The number of hydrogen-bond donors (Lipinski definition) is 2. The minimum atomic E-state index is -0.415. The maximum atomic E-state index is 11.6. The Morgan fingerprint density at radius 1 is 1.27 bits per heavy atom. The molecule has 0 unspecified atom stereocenters. The van der Waals surface area contributed by atoms with Crippen molar-refractivity contribution < 1.29 is 18.8 Å². The number of carbonyl (C=O) groups is 2. The molecular weight excluding hydrogens is 310 g/mol. The van der Waals surface area contributed by atoms with Gasteiger partial charge in [0.2, 0.25) is 5.91 Å². The second-order valence-corrected chi connectivity index (χ2v) is 4.83. The van der Waals surface area contributed by atoms with Crippen molar-refractivity contribution in [3.63, 3.8) is 0 Å².